The molecule has 1 aromatic heterocycles. The van der Waals surface area contributed by atoms with Gasteiger partial charge in [0.15, 0.2) is 0 Å². The van der Waals surface area contributed by atoms with E-state index >= 15 is 0 Å². The van der Waals surface area contributed by atoms with Crippen LogP contribution in [0.4, 0.5) is 11.4 Å². The minimum Gasteiger partial charge on any atom is -0.365 e. The minimum atomic E-state index is 0.0856. The van der Waals surface area contributed by atoms with E-state index < -0.39 is 0 Å². The van der Waals surface area contributed by atoms with Gasteiger partial charge in [0, 0.05) is 42.8 Å². The third-order valence-corrected chi connectivity index (χ3v) is 5.84. The van der Waals surface area contributed by atoms with Gasteiger partial charge >= 0.3 is 0 Å². The van der Waals surface area contributed by atoms with Crippen molar-refractivity contribution in [3.8, 4) is 5.69 Å². The number of carbonyl (C=O) groups is 1. The van der Waals surface area contributed by atoms with Crippen molar-refractivity contribution in [1.82, 2.24) is 4.57 Å². The molecular weight excluding hydrogens is 334 g/mol. The maximum absolute atomic E-state index is 13.5. The zero-order valence-electron chi connectivity index (χ0n) is 15.5. The van der Waals surface area contributed by atoms with E-state index in [9.17, 15) is 4.79 Å². The van der Waals surface area contributed by atoms with Crippen LogP contribution < -0.4 is 9.80 Å². The summed E-state index contributed by atoms with van der Waals surface area (Å²) in [6, 6.07) is 18.8. The Morgan fingerprint density at radius 2 is 1.74 bits per heavy atom. The molecule has 1 atom stereocenters. The van der Waals surface area contributed by atoms with Crippen molar-refractivity contribution in [2.75, 3.05) is 22.9 Å². The second-order valence-corrected chi connectivity index (χ2v) is 7.49. The molecule has 3 heterocycles. The van der Waals surface area contributed by atoms with Gasteiger partial charge in [-0.2, -0.15) is 0 Å². The Bertz CT molecular complexity index is 993. The van der Waals surface area contributed by atoms with Gasteiger partial charge in [0.05, 0.1) is 11.4 Å². The summed E-state index contributed by atoms with van der Waals surface area (Å²) in [4.78, 5) is 17.9. The molecule has 0 saturated carbocycles. The molecule has 0 aliphatic carbocycles. The summed E-state index contributed by atoms with van der Waals surface area (Å²) in [5.41, 5.74) is 5.18. The SMILES string of the molecule is Cc1ccc(C(=O)N2C[C@@H]3CCCN3c3ccccc32)cc1-n1cccc1. The summed E-state index contributed by atoms with van der Waals surface area (Å²) in [6.45, 7) is 3.94. The molecule has 27 heavy (non-hydrogen) atoms. The van der Waals surface area contributed by atoms with Crippen LogP contribution in [0.15, 0.2) is 67.0 Å². The fourth-order valence-electron chi connectivity index (χ4n) is 4.45. The lowest BCUT2D eigenvalue weighted by atomic mass is 10.0. The number of hydrogen-bond acceptors (Lipinski definition) is 2. The lowest BCUT2D eigenvalue weighted by Crippen LogP contribution is -2.48. The van der Waals surface area contributed by atoms with Crippen LogP contribution in [0.1, 0.15) is 28.8 Å². The summed E-state index contributed by atoms with van der Waals surface area (Å²) in [7, 11) is 0. The number of hydrogen-bond donors (Lipinski definition) is 0. The second kappa shape index (κ2) is 6.31. The smallest absolute Gasteiger partial charge is 0.258 e. The maximum atomic E-state index is 13.5. The van der Waals surface area contributed by atoms with Gasteiger partial charge in [0.1, 0.15) is 0 Å². The first-order chi connectivity index (χ1) is 13.2. The molecule has 0 spiro atoms. The van der Waals surface area contributed by atoms with E-state index in [1.54, 1.807) is 0 Å². The van der Waals surface area contributed by atoms with Gasteiger partial charge in [-0.3, -0.25) is 4.79 Å². The average Bonchev–Trinajstić information content (AvgIpc) is 3.39. The van der Waals surface area contributed by atoms with Crippen molar-refractivity contribution in [2.45, 2.75) is 25.8 Å². The highest BCUT2D eigenvalue weighted by molar-refractivity contribution is 6.09. The third-order valence-electron chi connectivity index (χ3n) is 5.84. The topological polar surface area (TPSA) is 28.5 Å². The molecule has 2 aliphatic rings. The highest BCUT2D eigenvalue weighted by atomic mass is 16.2. The largest absolute Gasteiger partial charge is 0.365 e. The van der Waals surface area contributed by atoms with E-state index in [1.165, 1.54) is 12.1 Å². The van der Waals surface area contributed by atoms with Gasteiger partial charge in [0.2, 0.25) is 0 Å². The van der Waals surface area contributed by atoms with Gasteiger partial charge in [0.25, 0.3) is 5.91 Å². The molecule has 5 rings (SSSR count). The Hall–Kier alpha value is -3.01. The standard InChI is InChI=1S/C23H23N3O/c1-17-10-11-18(15-22(17)24-12-4-5-13-24)23(27)26-16-19-7-6-14-25(19)20-8-2-3-9-21(20)26/h2-5,8-13,15,19H,6-7,14,16H2,1H3/t19-/m0/s1. The van der Waals surface area contributed by atoms with E-state index in [4.69, 9.17) is 0 Å². The number of anilines is 2. The Morgan fingerprint density at radius 1 is 0.963 bits per heavy atom. The summed E-state index contributed by atoms with van der Waals surface area (Å²) >= 11 is 0. The van der Waals surface area contributed by atoms with Crippen molar-refractivity contribution in [3.63, 3.8) is 0 Å². The van der Waals surface area contributed by atoms with Crippen molar-refractivity contribution in [3.05, 3.63) is 78.1 Å². The van der Waals surface area contributed by atoms with E-state index in [0.29, 0.717) is 6.04 Å². The van der Waals surface area contributed by atoms with Crippen LogP contribution in [0, 0.1) is 6.92 Å². The number of carbonyl (C=O) groups excluding carboxylic acids is 1. The quantitative estimate of drug-likeness (QED) is 0.679. The highest BCUT2D eigenvalue weighted by Gasteiger charge is 2.36. The number of amides is 1. The minimum absolute atomic E-state index is 0.0856. The average molecular weight is 357 g/mol. The third kappa shape index (κ3) is 2.64. The van der Waals surface area contributed by atoms with Crippen LogP contribution in [-0.4, -0.2) is 29.6 Å². The van der Waals surface area contributed by atoms with E-state index in [-0.39, 0.29) is 5.91 Å². The zero-order chi connectivity index (χ0) is 18.4. The molecule has 2 aromatic carbocycles. The van der Waals surface area contributed by atoms with Crippen molar-refractivity contribution in [2.24, 2.45) is 0 Å². The number of nitrogens with zero attached hydrogens (tertiary/aromatic N) is 3. The molecule has 0 N–H and O–H groups in total. The van der Waals surface area contributed by atoms with Crippen molar-refractivity contribution < 1.29 is 4.79 Å². The number of para-hydroxylation sites is 2. The molecule has 136 valence electrons. The van der Waals surface area contributed by atoms with Gasteiger partial charge < -0.3 is 14.4 Å². The van der Waals surface area contributed by atoms with Crippen LogP contribution in [0.2, 0.25) is 0 Å². The summed E-state index contributed by atoms with van der Waals surface area (Å²) in [6.07, 6.45) is 6.39. The molecule has 1 amide bonds. The number of rotatable bonds is 2. The molecule has 1 fully saturated rings. The second-order valence-electron chi connectivity index (χ2n) is 7.49. The van der Waals surface area contributed by atoms with Crippen LogP contribution >= 0.6 is 0 Å². The first-order valence-corrected chi connectivity index (χ1v) is 9.64. The molecule has 2 aliphatic heterocycles. The maximum Gasteiger partial charge on any atom is 0.258 e. The lowest BCUT2D eigenvalue weighted by molar-refractivity contribution is 0.0984. The van der Waals surface area contributed by atoms with E-state index in [0.717, 1.165) is 42.0 Å². The molecule has 3 aromatic rings. The highest BCUT2D eigenvalue weighted by Crippen LogP contribution is 2.39. The van der Waals surface area contributed by atoms with Gasteiger partial charge in [-0.1, -0.05) is 18.2 Å². The predicted octanol–water partition coefficient (Wildman–Crippen LogP) is 4.41. The van der Waals surface area contributed by atoms with Crippen molar-refractivity contribution in [1.29, 1.82) is 0 Å². The zero-order valence-corrected chi connectivity index (χ0v) is 15.5. The number of aromatic nitrogens is 1. The van der Waals surface area contributed by atoms with Gasteiger partial charge in [-0.25, -0.2) is 0 Å². The summed E-state index contributed by atoms with van der Waals surface area (Å²) in [5, 5.41) is 0. The molecule has 1 saturated heterocycles. The van der Waals surface area contributed by atoms with Gasteiger partial charge in [-0.15, -0.1) is 0 Å². The summed E-state index contributed by atoms with van der Waals surface area (Å²) in [5.74, 6) is 0.0856. The van der Waals surface area contributed by atoms with E-state index in [2.05, 4.69) is 34.6 Å². The normalized spacial score (nSPS) is 18.3. The lowest BCUT2D eigenvalue weighted by Gasteiger charge is -2.40. The Kier molecular flexibility index (Phi) is 3.78. The predicted molar refractivity (Wildman–Crippen MR) is 109 cm³/mol. The fraction of sp³-hybridized carbons (Fsp3) is 0.261. The fourth-order valence-corrected chi connectivity index (χ4v) is 4.45. The van der Waals surface area contributed by atoms with Crippen LogP contribution in [0.25, 0.3) is 5.69 Å². The first kappa shape index (κ1) is 16.2. The van der Waals surface area contributed by atoms with Crippen LogP contribution in [0.3, 0.4) is 0 Å². The van der Waals surface area contributed by atoms with Crippen LogP contribution in [-0.2, 0) is 0 Å². The Morgan fingerprint density at radius 3 is 2.56 bits per heavy atom. The molecule has 0 radical (unpaired) electrons. The van der Waals surface area contributed by atoms with E-state index in [1.807, 2.05) is 53.7 Å². The number of fused-ring (bicyclic) bond motifs is 3. The first-order valence-electron chi connectivity index (χ1n) is 9.64. The number of aryl methyl sites for hydroxylation is 1. The molecular formula is C23H23N3O. The molecule has 0 bridgehead atoms. The number of benzene rings is 2. The monoisotopic (exact) mass is 357 g/mol. The summed E-state index contributed by atoms with van der Waals surface area (Å²) < 4.78 is 2.06. The molecule has 4 nitrogen and oxygen atoms in total. The van der Waals surface area contributed by atoms with Crippen LogP contribution in [0.5, 0.6) is 0 Å². The Balaban J connectivity index is 1.55. The van der Waals surface area contributed by atoms with Gasteiger partial charge in [-0.05, 0) is 61.7 Å². The Labute approximate surface area is 159 Å². The molecule has 0 unspecified atom stereocenters. The van der Waals surface area contributed by atoms with Crippen molar-refractivity contribution >= 4 is 17.3 Å². The molecule has 4 heteroatoms.